The zero-order chi connectivity index (χ0) is 24.9. The monoisotopic (exact) mass is 527 g/mol. The Morgan fingerprint density at radius 1 is 1.20 bits per heavy atom. The van der Waals surface area contributed by atoms with Gasteiger partial charge in [-0.25, -0.2) is 0 Å². The fourth-order valence-corrected chi connectivity index (χ4v) is 5.13. The van der Waals surface area contributed by atoms with Gasteiger partial charge in [0.1, 0.15) is 28.2 Å². The minimum absolute atomic E-state index is 0.109. The van der Waals surface area contributed by atoms with Crippen LogP contribution >= 0.6 is 35.0 Å². The predicted octanol–water partition coefficient (Wildman–Crippen LogP) is 5.34. The lowest BCUT2D eigenvalue weighted by molar-refractivity contribution is -0.117. The van der Waals surface area contributed by atoms with Crippen molar-refractivity contribution in [2.45, 2.75) is 18.2 Å². The lowest BCUT2D eigenvalue weighted by Crippen LogP contribution is -2.32. The number of benzene rings is 2. The van der Waals surface area contributed by atoms with Crippen LogP contribution in [-0.4, -0.2) is 24.2 Å². The SMILES string of the molecule is COc1ccc(N2C(=O)C(Cc3ccc(Cl)c(Cl)c3)S/C2=C(/C#N)C(=O)NCc2ccco2)cc1. The summed E-state index contributed by atoms with van der Waals surface area (Å²) in [6.07, 6.45) is 1.83. The van der Waals surface area contributed by atoms with Crippen molar-refractivity contribution in [3.05, 3.63) is 92.8 Å². The van der Waals surface area contributed by atoms with Crippen molar-refractivity contribution in [3.8, 4) is 11.8 Å². The number of nitriles is 1. The van der Waals surface area contributed by atoms with E-state index in [0.717, 1.165) is 17.3 Å². The van der Waals surface area contributed by atoms with Crippen molar-refractivity contribution in [1.82, 2.24) is 5.32 Å². The summed E-state index contributed by atoms with van der Waals surface area (Å²) in [5.41, 5.74) is 1.16. The molecule has 1 saturated heterocycles. The number of carbonyl (C=O) groups excluding carboxylic acids is 2. The van der Waals surface area contributed by atoms with E-state index in [1.165, 1.54) is 11.2 Å². The van der Waals surface area contributed by atoms with Crippen molar-refractivity contribution >= 4 is 52.5 Å². The molecule has 0 aliphatic carbocycles. The lowest BCUT2D eigenvalue weighted by Gasteiger charge is -2.19. The molecule has 2 heterocycles. The molecule has 2 amide bonds. The van der Waals surface area contributed by atoms with Crippen LogP contribution in [0.25, 0.3) is 0 Å². The van der Waals surface area contributed by atoms with Gasteiger partial charge >= 0.3 is 0 Å². The van der Waals surface area contributed by atoms with Gasteiger partial charge in [0.15, 0.2) is 0 Å². The number of furan rings is 1. The number of hydrogen-bond donors (Lipinski definition) is 1. The van der Waals surface area contributed by atoms with Crippen LogP contribution in [-0.2, 0) is 22.6 Å². The molecule has 1 aliphatic heterocycles. The van der Waals surface area contributed by atoms with Gasteiger partial charge < -0.3 is 14.5 Å². The molecule has 10 heteroatoms. The van der Waals surface area contributed by atoms with E-state index < -0.39 is 11.2 Å². The Morgan fingerprint density at radius 3 is 2.60 bits per heavy atom. The summed E-state index contributed by atoms with van der Waals surface area (Å²) >= 11 is 13.3. The summed E-state index contributed by atoms with van der Waals surface area (Å²) < 4.78 is 10.4. The maximum Gasteiger partial charge on any atom is 0.265 e. The molecule has 0 spiro atoms. The van der Waals surface area contributed by atoms with E-state index in [1.54, 1.807) is 61.7 Å². The van der Waals surface area contributed by atoms with E-state index in [2.05, 4.69) is 5.32 Å². The van der Waals surface area contributed by atoms with Crippen molar-refractivity contribution in [2.75, 3.05) is 12.0 Å². The van der Waals surface area contributed by atoms with Crippen LogP contribution < -0.4 is 15.0 Å². The first kappa shape index (κ1) is 24.7. The minimum atomic E-state index is -0.604. The zero-order valence-corrected chi connectivity index (χ0v) is 20.8. The Morgan fingerprint density at radius 2 is 1.97 bits per heavy atom. The molecule has 35 heavy (non-hydrogen) atoms. The number of nitrogens with zero attached hydrogens (tertiary/aromatic N) is 2. The third-order valence-electron chi connectivity index (χ3n) is 5.24. The summed E-state index contributed by atoms with van der Waals surface area (Å²) in [5.74, 6) is 0.295. The Kier molecular flexibility index (Phi) is 7.71. The molecule has 1 unspecified atom stereocenters. The van der Waals surface area contributed by atoms with Crippen LogP contribution in [0.15, 0.2) is 75.9 Å². The third kappa shape index (κ3) is 5.49. The maximum absolute atomic E-state index is 13.5. The van der Waals surface area contributed by atoms with E-state index in [1.807, 2.05) is 6.07 Å². The number of carbonyl (C=O) groups is 2. The summed E-state index contributed by atoms with van der Waals surface area (Å²) in [5, 5.41) is 13.1. The fourth-order valence-electron chi connectivity index (χ4n) is 3.50. The molecule has 0 saturated carbocycles. The fraction of sp³-hybridized carbons (Fsp3) is 0.160. The topological polar surface area (TPSA) is 95.6 Å². The van der Waals surface area contributed by atoms with E-state index in [0.29, 0.717) is 33.7 Å². The molecule has 1 atom stereocenters. The molecule has 0 bridgehead atoms. The maximum atomic E-state index is 13.5. The molecule has 7 nitrogen and oxygen atoms in total. The van der Waals surface area contributed by atoms with Crippen LogP contribution in [0.5, 0.6) is 5.75 Å². The van der Waals surface area contributed by atoms with Crippen molar-refractivity contribution in [3.63, 3.8) is 0 Å². The first-order valence-corrected chi connectivity index (χ1v) is 12.1. The van der Waals surface area contributed by atoms with Crippen LogP contribution in [0, 0.1) is 11.3 Å². The average Bonchev–Trinajstić information content (AvgIpc) is 3.49. The first-order valence-electron chi connectivity index (χ1n) is 10.4. The van der Waals surface area contributed by atoms with Gasteiger partial charge in [0.25, 0.3) is 5.91 Å². The Hall–Kier alpha value is -3.38. The molecular weight excluding hydrogens is 509 g/mol. The van der Waals surface area contributed by atoms with Crippen LogP contribution in [0.1, 0.15) is 11.3 Å². The summed E-state index contributed by atoms with van der Waals surface area (Å²) in [7, 11) is 1.54. The Bertz CT molecular complexity index is 1320. The second-order valence-electron chi connectivity index (χ2n) is 7.48. The van der Waals surface area contributed by atoms with Gasteiger partial charge in [0, 0.05) is 5.69 Å². The lowest BCUT2D eigenvalue weighted by atomic mass is 10.1. The number of thioether (sulfide) groups is 1. The quantitative estimate of drug-likeness (QED) is 0.329. The number of amides is 2. The van der Waals surface area contributed by atoms with Crippen LogP contribution in [0.3, 0.4) is 0 Å². The van der Waals surface area contributed by atoms with Crippen molar-refractivity contribution < 1.29 is 18.7 Å². The molecule has 0 radical (unpaired) electrons. The number of nitrogens with one attached hydrogen (secondary N) is 1. The molecular formula is C25H19Cl2N3O4S. The highest BCUT2D eigenvalue weighted by Crippen LogP contribution is 2.42. The normalized spacial score (nSPS) is 16.7. The van der Waals surface area contributed by atoms with Crippen molar-refractivity contribution in [2.24, 2.45) is 0 Å². The van der Waals surface area contributed by atoms with Gasteiger partial charge in [0.2, 0.25) is 5.91 Å². The van der Waals surface area contributed by atoms with Gasteiger partial charge in [-0.1, -0.05) is 41.0 Å². The highest BCUT2D eigenvalue weighted by molar-refractivity contribution is 8.05. The molecule has 1 fully saturated rings. The smallest absolute Gasteiger partial charge is 0.265 e. The molecule has 1 aromatic heterocycles. The number of ether oxygens (including phenoxy) is 1. The number of halogens is 2. The number of hydrogen-bond acceptors (Lipinski definition) is 6. The number of methoxy groups -OCH3 is 1. The summed E-state index contributed by atoms with van der Waals surface area (Å²) in [6, 6.07) is 17.4. The van der Waals surface area contributed by atoms with E-state index >= 15 is 0 Å². The highest BCUT2D eigenvalue weighted by atomic mass is 35.5. The van der Waals surface area contributed by atoms with Crippen LogP contribution in [0.4, 0.5) is 5.69 Å². The largest absolute Gasteiger partial charge is 0.497 e. The minimum Gasteiger partial charge on any atom is -0.497 e. The van der Waals surface area contributed by atoms with Gasteiger partial charge in [-0.2, -0.15) is 5.26 Å². The Balaban J connectivity index is 1.68. The second-order valence-corrected chi connectivity index (χ2v) is 9.49. The first-order chi connectivity index (χ1) is 16.9. The van der Waals surface area contributed by atoms with Gasteiger partial charge in [0.05, 0.1) is 35.2 Å². The van der Waals surface area contributed by atoms with Crippen molar-refractivity contribution in [1.29, 1.82) is 5.26 Å². The summed E-state index contributed by atoms with van der Waals surface area (Å²) in [4.78, 5) is 27.9. The Labute approximate surface area is 216 Å². The predicted molar refractivity (Wildman–Crippen MR) is 135 cm³/mol. The summed E-state index contributed by atoms with van der Waals surface area (Å²) in [6.45, 7) is 0.109. The average molecular weight is 528 g/mol. The molecule has 1 N–H and O–H groups in total. The number of rotatable bonds is 7. The molecule has 3 aromatic rings. The van der Waals surface area contributed by atoms with E-state index in [4.69, 9.17) is 32.4 Å². The number of anilines is 1. The van der Waals surface area contributed by atoms with Gasteiger partial charge in [-0.15, -0.1) is 0 Å². The highest BCUT2D eigenvalue weighted by Gasteiger charge is 2.40. The van der Waals surface area contributed by atoms with Gasteiger partial charge in [-0.3, -0.25) is 14.5 Å². The van der Waals surface area contributed by atoms with E-state index in [-0.39, 0.29) is 23.1 Å². The third-order valence-corrected chi connectivity index (χ3v) is 7.25. The molecule has 178 valence electrons. The van der Waals surface area contributed by atoms with E-state index in [9.17, 15) is 14.9 Å². The molecule has 4 rings (SSSR count). The van der Waals surface area contributed by atoms with Gasteiger partial charge in [-0.05, 0) is 60.5 Å². The van der Waals surface area contributed by atoms with Crippen LogP contribution in [0.2, 0.25) is 10.0 Å². The molecule has 2 aromatic carbocycles. The zero-order valence-electron chi connectivity index (χ0n) is 18.5. The second kappa shape index (κ2) is 10.9. The standard InChI is InChI=1S/C25H19Cl2N3O4S/c1-33-17-7-5-16(6-8-17)30-24(32)22(12-15-4-9-20(26)21(27)11-15)35-25(30)19(13-28)23(31)29-14-18-3-2-10-34-18/h2-11,22H,12,14H2,1H3,(H,29,31)/b25-19-. The molecule has 1 aliphatic rings.